The van der Waals surface area contributed by atoms with Gasteiger partial charge in [-0.3, -0.25) is 9.78 Å². The number of aromatic nitrogens is 1. The van der Waals surface area contributed by atoms with Crippen molar-refractivity contribution in [2.45, 2.75) is 26.7 Å². The SMILES string of the molecule is CC(C)C(=O)c1ncc(-c2cccc(C(C)(F)F)c2)cc1N. The molecule has 0 aliphatic heterocycles. The molecule has 0 fully saturated rings. The summed E-state index contributed by atoms with van der Waals surface area (Å²) in [5, 5.41) is 0. The number of carbonyl (C=O) groups is 1. The van der Waals surface area contributed by atoms with Crippen molar-refractivity contribution < 1.29 is 13.6 Å². The molecule has 5 heteroatoms. The molecule has 116 valence electrons. The lowest BCUT2D eigenvalue weighted by Gasteiger charge is -2.13. The Bertz CT molecular complexity index is 706. The standard InChI is InChI=1S/C17H18F2N2O/c1-10(2)16(22)15-14(20)8-12(9-21-15)11-5-4-6-13(7-11)17(3,18)19/h4-10H,20H2,1-3H3. The van der Waals surface area contributed by atoms with Crippen LogP contribution < -0.4 is 5.73 Å². The summed E-state index contributed by atoms with van der Waals surface area (Å²) >= 11 is 0. The first kappa shape index (κ1) is 16.1. The van der Waals surface area contributed by atoms with Gasteiger partial charge in [-0.05, 0) is 17.7 Å². The van der Waals surface area contributed by atoms with E-state index in [1.54, 1.807) is 32.0 Å². The molecule has 1 heterocycles. The molecule has 2 N–H and O–H groups in total. The summed E-state index contributed by atoms with van der Waals surface area (Å²) in [7, 11) is 0. The molecule has 0 bridgehead atoms. The topological polar surface area (TPSA) is 56.0 Å². The summed E-state index contributed by atoms with van der Waals surface area (Å²) in [6, 6.07) is 7.63. The van der Waals surface area contributed by atoms with Crippen molar-refractivity contribution in [2.24, 2.45) is 5.92 Å². The second kappa shape index (κ2) is 5.83. The van der Waals surface area contributed by atoms with Gasteiger partial charge in [-0.25, -0.2) is 8.78 Å². The van der Waals surface area contributed by atoms with E-state index in [0.29, 0.717) is 11.1 Å². The number of pyridine rings is 1. The number of anilines is 1. The minimum Gasteiger partial charge on any atom is -0.397 e. The number of Topliss-reactive ketones (excluding diaryl/α,β-unsaturated/α-hetero) is 1. The third-order valence-electron chi connectivity index (χ3n) is 3.38. The third kappa shape index (κ3) is 3.30. The Hall–Kier alpha value is -2.30. The number of rotatable bonds is 4. The number of nitrogens with zero attached hydrogens (tertiary/aromatic N) is 1. The normalized spacial score (nSPS) is 11.7. The Morgan fingerprint density at radius 3 is 2.45 bits per heavy atom. The Morgan fingerprint density at radius 1 is 1.23 bits per heavy atom. The first-order chi connectivity index (χ1) is 10.2. The van der Waals surface area contributed by atoms with Gasteiger partial charge in [-0.1, -0.05) is 32.0 Å². The van der Waals surface area contributed by atoms with Crippen LogP contribution >= 0.6 is 0 Å². The van der Waals surface area contributed by atoms with Crippen molar-refractivity contribution in [3.63, 3.8) is 0 Å². The highest BCUT2D eigenvalue weighted by atomic mass is 19.3. The predicted molar refractivity (Wildman–Crippen MR) is 82.8 cm³/mol. The van der Waals surface area contributed by atoms with Crippen LogP contribution in [0.1, 0.15) is 36.8 Å². The van der Waals surface area contributed by atoms with Crippen molar-refractivity contribution >= 4 is 11.5 Å². The van der Waals surface area contributed by atoms with Crippen LogP contribution in [-0.4, -0.2) is 10.8 Å². The van der Waals surface area contributed by atoms with Crippen LogP contribution in [0.5, 0.6) is 0 Å². The number of hydrogen-bond acceptors (Lipinski definition) is 3. The van der Waals surface area contributed by atoms with Gasteiger partial charge >= 0.3 is 0 Å². The fourth-order valence-corrected chi connectivity index (χ4v) is 2.09. The zero-order valence-electron chi connectivity index (χ0n) is 12.7. The molecular weight excluding hydrogens is 286 g/mol. The van der Waals surface area contributed by atoms with Gasteiger partial charge in [0.05, 0.1) is 5.69 Å². The molecule has 0 unspecified atom stereocenters. The molecule has 0 atom stereocenters. The number of nitrogen functional groups attached to an aromatic ring is 1. The molecule has 0 spiro atoms. The molecule has 0 amide bonds. The van der Waals surface area contributed by atoms with Crippen LogP contribution in [0.4, 0.5) is 14.5 Å². The van der Waals surface area contributed by atoms with Gasteiger partial charge < -0.3 is 5.73 Å². The zero-order chi connectivity index (χ0) is 16.5. The van der Waals surface area contributed by atoms with Gasteiger partial charge in [0.1, 0.15) is 5.69 Å². The molecule has 0 radical (unpaired) electrons. The number of nitrogens with two attached hydrogens (primary N) is 1. The maximum absolute atomic E-state index is 13.4. The maximum atomic E-state index is 13.4. The van der Waals surface area contributed by atoms with E-state index in [4.69, 9.17) is 5.73 Å². The molecule has 2 rings (SSSR count). The number of halogens is 2. The number of ketones is 1. The Morgan fingerprint density at radius 2 is 1.91 bits per heavy atom. The summed E-state index contributed by atoms with van der Waals surface area (Å²) in [6.07, 6.45) is 1.49. The largest absolute Gasteiger partial charge is 0.397 e. The van der Waals surface area contributed by atoms with Crippen molar-refractivity contribution in [3.05, 3.63) is 47.8 Å². The molecule has 0 saturated heterocycles. The van der Waals surface area contributed by atoms with Crippen molar-refractivity contribution in [3.8, 4) is 11.1 Å². The van der Waals surface area contributed by atoms with Crippen LogP contribution in [0.15, 0.2) is 36.5 Å². The Labute approximate surface area is 128 Å². The lowest BCUT2D eigenvalue weighted by atomic mass is 9.99. The summed E-state index contributed by atoms with van der Waals surface area (Å²) in [5.41, 5.74) is 7.47. The van der Waals surface area contributed by atoms with Crippen molar-refractivity contribution in [2.75, 3.05) is 5.73 Å². The fraction of sp³-hybridized carbons (Fsp3) is 0.294. The first-order valence-corrected chi connectivity index (χ1v) is 6.98. The highest BCUT2D eigenvalue weighted by Crippen LogP contribution is 2.31. The van der Waals surface area contributed by atoms with E-state index in [9.17, 15) is 13.6 Å². The van der Waals surface area contributed by atoms with Gasteiger partial charge in [0, 0.05) is 30.2 Å². The lowest BCUT2D eigenvalue weighted by Crippen LogP contribution is -2.12. The molecule has 1 aromatic carbocycles. The first-order valence-electron chi connectivity index (χ1n) is 6.98. The van der Waals surface area contributed by atoms with Crippen LogP contribution in [0.25, 0.3) is 11.1 Å². The molecule has 0 aliphatic rings. The minimum atomic E-state index is -2.91. The fourth-order valence-electron chi connectivity index (χ4n) is 2.09. The highest BCUT2D eigenvalue weighted by molar-refractivity contribution is 6.00. The third-order valence-corrected chi connectivity index (χ3v) is 3.38. The monoisotopic (exact) mass is 304 g/mol. The summed E-state index contributed by atoms with van der Waals surface area (Å²) in [6.45, 7) is 4.39. The summed E-state index contributed by atoms with van der Waals surface area (Å²) < 4.78 is 26.8. The van der Waals surface area contributed by atoms with Crippen LogP contribution in [0.2, 0.25) is 0 Å². The van der Waals surface area contributed by atoms with Crippen LogP contribution in [0, 0.1) is 5.92 Å². The lowest BCUT2D eigenvalue weighted by molar-refractivity contribution is 0.0175. The van der Waals surface area contributed by atoms with Gasteiger partial charge in [0.25, 0.3) is 5.92 Å². The number of carbonyl (C=O) groups excluding carboxylic acids is 1. The van der Waals surface area contributed by atoms with E-state index in [-0.39, 0.29) is 28.6 Å². The number of benzene rings is 1. The van der Waals surface area contributed by atoms with Crippen molar-refractivity contribution in [1.82, 2.24) is 4.98 Å². The predicted octanol–water partition coefficient (Wildman–Crippen LogP) is 4.28. The smallest absolute Gasteiger partial charge is 0.270 e. The highest BCUT2D eigenvalue weighted by Gasteiger charge is 2.24. The second-order valence-corrected chi connectivity index (χ2v) is 5.65. The average molecular weight is 304 g/mol. The number of hydrogen-bond donors (Lipinski definition) is 1. The van der Waals surface area contributed by atoms with E-state index in [2.05, 4.69) is 4.98 Å². The number of alkyl halides is 2. The van der Waals surface area contributed by atoms with Crippen molar-refractivity contribution in [1.29, 1.82) is 0 Å². The van der Waals surface area contributed by atoms with E-state index >= 15 is 0 Å². The van der Waals surface area contributed by atoms with E-state index in [0.717, 1.165) is 6.92 Å². The summed E-state index contributed by atoms with van der Waals surface area (Å²) in [5.74, 6) is -3.26. The average Bonchev–Trinajstić information content (AvgIpc) is 2.45. The minimum absolute atomic E-state index is 0.0779. The maximum Gasteiger partial charge on any atom is 0.270 e. The second-order valence-electron chi connectivity index (χ2n) is 5.65. The summed E-state index contributed by atoms with van der Waals surface area (Å²) in [4.78, 5) is 16.1. The molecule has 22 heavy (non-hydrogen) atoms. The quantitative estimate of drug-likeness (QED) is 0.858. The van der Waals surface area contributed by atoms with Gasteiger partial charge in [-0.2, -0.15) is 0 Å². The van der Waals surface area contributed by atoms with Gasteiger partial charge in [0.2, 0.25) is 0 Å². The molecule has 3 nitrogen and oxygen atoms in total. The molecule has 0 aliphatic carbocycles. The Balaban J connectivity index is 2.43. The van der Waals surface area contributed by atoms with E-state index < -0.39 is 5.92 Å². The van der Waals surface area contributed by atoms with Crippen LogP contribution in [-0.2, 0) is 5.92 Å². The van der Waals surface area contributed by atoms with Crippen LogP contribution in [0.3, 0.4) is 0 Å². The molecule has 1 aromatic heterocycles. The zero-order valence-corrected chi connectivity index (χ0v) is 12.7. The molecule has 2 aromatic rings. The Kier molecular flexibility index (Phi) is 4.26. The van der Waals surface area contributed by atoms with Gasteiger partial charge in [0.15, 0.2) is 5.78 Å². The van der Waals surface area contributed by atoms with Gasteiger partial charge in [-0.15, -0.1) is 0 Å². The van der Waals surface area contributed by atoms with E-state index in [1.165, 1.54) is 18.3 Å². The molecule has 0 saturated carbocycles. The van der Waals surface area contributed by atoms with E-state index in [1.807, 2.05) is 0 Å². The molecular formula is C17H18F2N2O.